The third-order valence-corrected chi connectivity index (χ3v) is 2.71. The van der Waals surface area contributed by atoms with Gasteiger partial charge in [0.1, 0.15) is 10.7 Å². The van der Waals surface area contributed by atoms with Gasteiger partial charge in [-0.2, -0.15) is 0 Å². The van der Waals surface area contributed by atoms with Gasteiger partial charge in [0, 0.05) is 0 Å². The van der Waals surface area contributed by atoms with Gasteiger partial charge in [0.05, 0.1) is 11.7 Å². The monoisotopic (exact) mass is 226 g/mol. The molecule has 0 aliphatic rings. The summed E-state index contributed by atoms with van der Waals surface area (Å²) in [5.74, 6) is 0. The number of thiocarbonyl (C=S) groups is 1. The van der Waals surface area contributed by atoms with Gasteiger partial charge in [-0.3, -0.25) is 0 Å². The van der Waals surface area contributed by atoms with Crippen molar-refractivity contribution in [1.29, 1.82) is 0 Å². The van der Waals surface area contributed by atoms with Crippen LogP contribution in [0.3, 0.4) is 0 Å². The van der Waals surface area contributed by atoms with Crippen LogP contribution >= 0.6 is 12.2 Å². The zero-order valence-corrected chi connectivity index (χ0v) is 10.3. The first-order valence-corrected chi connectivity index (χ1v) is 5.76. The van der Waals surface area contributed by atoms with E-state index in [9.17, 15) is 0 Å². The van der Waals surface area contributed by atoms with Gasteiger partial charge in [-0.05, 0) is 19.8 Å². The Bertz CT molecular complexity index is 345. The quantitative estimate of drug-likeness (QED) is 0.778. The molecule has 0 bridgehead atoms. The minimum absolute atomic E-state index is 0.341. The van der Waals surface area contributed by atoms with Crippen LogP contribution in [0.5, 0.6) is 0 Å². The molecular weight excluding hydrogens is 208 g/mol. The van der Waals surface area contributed by atoms with Crippen LogP contribution in [-0.4, -0.2) is 20.0 Å². The van der Waals surface area contributed by atoms with Crippen molar-refractivity contribution in [1.82, 2.24) is 15.0 Å². The van der Waals surface area contributed by atoms with E-state index >= 15 is 0 Å². The normalized spacial score (nSPS) is 12.7. The summed E-state index contributed by atoms with van der Waals surface area (Å²) < 4.78 is 1.94. The zero-order chi connectivity index (χ0) is 11.4. The molecule has 0 fully saturated rings. The fraction of sp³-hybridized carbons (Fsp3) is 0.700. The first kappa shape index (κ1) is 12.1. The molecule has 2 N–H and O–H groups in total. The summed E-state index contributed by atoms with van der Waals surface area (Å²) in [6.07, 6.45) is 2.99. The molecule has 1 aromatic heterocycles. The van der Waals surface area contributed by atoms with Crippen molar-refractivity contribution in [2.45, 2.75) is 46.1 Å². The highest BCUT2D eigenvalue weighted by Gasteiger charge is 2.16. The topological polar surface area (TPSA) is 56.7 Å². The zero-order valence-electron chi connectivity index (χ0n) is 9.53. The predicted octanol–water partition coefficient (Wildman–Crippen LogP) is 1.84. The van der Waals surface area contributed by atoms with Gasteiger partial charge in [0.25, 0.3) is 0 Å². The van der Waals surface area contributed by atoms with Gasteiger partial charge in [-0.15, -0.1) is 5.10 Å². The van der Waals surface area contributed by atoms with Gasteiger partial charge < -0.3 is 5.73 Å². The first-order chi connectivity index (χ1) is 7.11. The van der Waals surface area contributed by atoms with Crippen LogP contribution in [0.25, 0.3) is 0 Å². The van der Waals surface area contributed by atoms with Crippen LogP contribution in [0.4, 0.5) is 0 Å². The molecule has 0 radical (unpaired) electrons. The largest absolute Gasteiger partial charge is 0.388 e. The van der Waals surface area contributed by atoms with Crippen LogP contribution in [0.15, 0.2) is 0 Å². The van der Waals surface area contributed by atoms with E-state index in [-0.39, 0.29) is 0 Å². The minimum atomic E-state index is 0.341. The van der Waals surface area contributed by atoms with Gasteiger partial charge in [0.2, 0.25) is 0 Å². The molecule has 0 aromatic carbocycles. The molecule has 0 amide bonds. The second kappa shape index (κ2) is 5.21. The number of nitrogens with zero attached hydrogens (tertiary/aromatic N) is 3. The Hall–Kier alpha value is -0.970. The number of rotatable bonds is 5. The maximum Gasteiger partial charge on any atom is 0.143 e. The Labute approximate surface area is 95.8 Å². The Balaban J connectivity index is 3.11. The lowest BCUT2D eigenvalue weighted by Crippen LogP contribution is -2.15. The van der Waals surface area contributed by atoms with E-state index in [1.807, 2.05) is 4.68 Å². The average Bonchev–Trinajstić information content (AvgIpc) is 2.61. The second-order valence-electron chi connectivity index (χ2n) is 3.70. The van der Waals surface area contributed by atoms with E-state index < -0.39 is 0 Å². The molecule has 0 spiro atoms. The molecule has 15 heavy (non-hydrogen) atoms. The Morgan fingerprint density at radius 2 is 2.20 bits per heavy atom. The van der Waals surface area contributed by atoms with Crippen molar-refractivity contribution in [2.75, 3.05) is 0 Å². The molecule has 5 heteroatoms. The first-order valence-electron chi connectivity index (χ1n) is 5.35. The van der Waals surface area contributed by atoms with Gasteiger partial charge in [-0.1, -0.05) is 37.7 Å². The fourth-order valence-corrected chi connectivity index (χ4v) is 1.66. The summed E-state index contributed by atoms with van der Waals surface area (Å²) in [4.78, 5) is 0.341. The molecule has 4 nitrogen and oxygen atoms in total. The molecule has 1 atom stereocenters. The van der Waals surface area contributed by atoms with Crippen molar-refractivity contribution in [2.24, 2.45) is 5.73 Å². The minimum Gasteiger partial charge on any atom is -0.388 e. The smallest absolute Gasteiger partial charge is 0.143 e. The van der Waals surface area contributed by atoms with Crippen molar-refractivity contribution >= 4 is 17.2 Å². The molecule has 1 rings (SSSR count). The summed E-state index contributed by atoms with van der Waals surface area (Å²) in [7, 11) is 0. The maximum atomic E-state index is 5.62. The van der Waals surface area contributed by atoms with Gasteiger partial charge in [-0.25, -0.2) is 4.68 Å². The molecule has 1 unspecified atom stereocenters. The lowest BCUT2D eigenvalue weighted by molar-refractivity contribution is 0.447. The SMILES string of the molecule is CCCc1c(C(N)=S)nnn1C(C)CC. The third kappa shape index (κ3) is 2.53. The Morgan fingerprint density at radius 1 is 1.53 bits per heavy atom. The molecule has 0 aliphatic heterocycles. The van der Waals surface area contributed by atoms with E-state index in [1.54, 1.807) is 0 Å². The summed E-state index contributed by atoms with van der Waals surface area (Å²) >= 11 is 4.96. The summed E-state index contributed by atoms with van der Waals surface area (Å²) in [5.41, 5.74) is 7.37. The highest BCUT2D eigenvalue weighted by Crippen LogP contribution is 2.16. The Morgan fingerprint density at radius 3 is 2.67 bits per heavy atom. The average molecular weight is 226 g/mol. The number of hydrogen-bond acceptors (Lipinski definition) is 3. The van der Waals surface area contributed by atoms with Crippen LogP contribution in [0.2, 0.25) is 0 Å². The Kier molecular flexibility index (Phi) is 4.20. The van der Waals surface area contributed by atoms with E-state index in [1.165, 1.54) is 0 Å². The lowest BCUT2D eigenvalue weighted by atomic mass is 10.2. The van der Waals surface area contributed by atoms with Gasteiger partial charge >= 0.3 is 0 Å². The summed E-state index contributed by atoms with van der Waals surface area (Å²) in [6.45, 7) is 6.37. The van der Waals surface area contributed by atoms with Crippen molar-refractivity contribution in [3.63, 3.8) is 0 Å². The second-order valence-corrected chi connectivity index (χ2v) is 4.14. The molecule has 84 valence electrons. The molecule has 1 aromatic rings. The van der Waals surface area contributed by atoms with E-state index in [4.69, 9.17) is 18.0 Å². The van der Waals surface area contributed by atoms with Gasteiger partial charge in [0.15, 0.2) is 0 Å². The molecule has 0 saturated heterocycles. The maximum absolute atomic E-state index is 5.62. The number of aromatic nitrogens is 3. The van der Waals surface area contributed by atoms with E-state index in [2.05, 4.69) is 31.1 Å². The third-order valence-electron chi connectivity index (χ3n) is 2.52. The predicted molar refractivity (Wildman–Crippen MR) is 64.9 cm³/mol. The molecular formula is C10H18N4S. The van der Waals surface area contributed by atoms with Crippen molar-refractivity contribution in [3.8, 4) is 0 Å². The highest BCUT2D eigenvalue weighted by molar-refractivity contribution is 7.80. The van der Waals surface area contributed by atoms with Crippen LogP contribution in [0, 0.1) is 0 Å². The fourth-order valence-electron chi connectivity index (χ4n) is 1.50. The van der Waals surface area contributed by atoms with E-state index in [0.29, 0.717) is 16.7 Å². The molecule has 0 aliphatic carbocycles. The summed E-state index contributed by atoms with van der Waals surface area (Å²) in [5, 5.41) is 8.18. The summed E-state index contributed by atoms with van der Waals surface area (Å²) in [6, 6.07) is 0.349. The highest BCUT2D eigenvalue weighted by atomic mass is 32.1. The number of hydrogen-bond donors (Lipinski definition) is 1. The molecule has 1 heterocycles. The van der Waals surface area contributed by atoms with Crippen molar-refractivity contribution < 1.29 is 0 Å². The van der Waals surface area contributed by atoms with Crippen molar-refractivity contribution in [3.05, 3.63) is 11.4 Å². The lowest BCUT2D eigenvalue weighted by Gasteiger charge is -2.12. The molecule has 0 saturated carbocycles. The van der Waals surface area contributed by atoms with Crippen LogP contribution in [0.1, 0.15) is 51.0 Å². The van der Waals surface area contributed by atoms with E-state index in [0.717, 1.165) is 25.0 Å². The van der Waals surface area contributed by atoms with Crippen LogP contribution in [-0.2, 0) is 6.42 Å². The van der Waals surface area contributed by atoms with Crippen LogP contribution < -0.4 is 5.73 Å². The standard InChI is InChI=1S/C10H18N4S/c1-4-6-8-9(10(11)15)12-13-14(8)7(3)5-2/h7H,4-6H2,1-3H3,(H2,11,15). The number of nitrogens with two attached hydrogens (primary N) is 1.